The molecule has 0 amide bonds. The second-order valence-electron chi connectivity index (χ2n) is 0.515. The molecular weight excluding hydrogens is 579 g/mol. The maximum absolute atomic E-state index is 8.55. The first kappa shape index (κ1) is 29.3. The zero-order valence-corrected chi connectivity index (χ0v) is 13.2. The van der Waals surface area contributed by atoms with Gasteiger partial charge in [0, 0.05) is 0 Å². The average molecular weight is 579 g/mol. The third-order valence-corrected chi connectivity index (χ3v) is 0. The third-order valence-electron chi connectivity index (χ3n) is 0. The summed E-state index contributed by atoms with van der Waals surface area (Å²) in [5.74, 6) is 0. The van der Waals surface area contributed by atoms with E-state index in [1.807, 2.05) is 0 Å². The van der Waals surface area contributed by atoms with Crippen molar-refractivity contribution in [2.45, 2.75) is 0 Å². The van der Waals surface area contributed by atoms with E-state index in [0.29, 0.717) is 0 Å². The fourth-order valence-corrected chi connectivity index (χ4v) is 0. The van der Waals surface area contributed by atoms with Crippen LogP contribution in [-0.2, 0) is 86.6 Å². The Balaban J connectivity index is -0.0000000183. The minimum absolute atomic E-state index is 0. The maximum atomic E-state index is 8.55. The van der Waals surface area contributed by atoms with Crippen LogP contribution in [0.15, 0.2) is 0 Å². The Labute approximate surface area is 126 Å². The average Bonchev–Trinajstić information content (AvgIpc) is 1.27. The number of phosphoric acid groups is 1. The van der Waals surface area contributed by atoms with Crippen molar-refractivity contribution in [3.63, 3.8) is 0 Å². The second kappa shape index (κ2) is 19.1. The Kier molecular flexibility index (Phi) is 50.8. The molecule has 0 fully saturated rings. The fourth-order valence-electron chi connectivity index (χ4n) is 0. The van der Waals surface area contributed by atoms with Gasteiger partial charge in [0.1, 0.15) is 0 Å². The molecule has 0 radical (unpaired) electrons. The summed E-state index contributed by atoms with van der Waals surface area (Å²) in [7, 11) is 3.29. The molecule has 0 atom stereocenters. The summed E-state index contributed by atoms with van der Waals surface area (Å²) in [6.45, 7) is 0. The standard InChI is InChI=1S/3Ag.Mo.H3O4P.2S/c;;;;1-5(2,3)4;;/h;;;;(H3,1,2,3,4);;/q3*+1;;;;/p-3. The Hall–Kier alpha value is 3.46. The minimum atomic E-state index is -5.39. The zero-order chi connectivity index (χ0) is 7.21. The van der Waals surface area contributed by atoms with E-state index in [2.05, 4.69) is 19.6 Å². The van der Waals surface area contributed by atoms with Crippen LogP contribution < -0.4 is 14.7 Å². The van der Waals surface area contributed by atoms with E-state index >= 15 is 0 Å². The zero-order valence-electron chi connectivity index (χ0n) is 4.21. The van der Waals surface area contributed by atoms with Gasteiger partial charge in [-0.2, -0.15) is 7.82 Å². The van der Waals surface area contributed by atoms with Gasteiger partial charge in [-0.05, 0) is 0 Å². The van der Waals surface area contributed by atoms with Crippen LogP contribution in [0.25, 0.3) is 0 Å². The quantitative estimate of drug-likeness (QED) is 0.256. The molecule has 0 N–H and O–H groups in total. The van der Waals surface area contributed by atoms with Crippen molar-refractivity contribution in [3.8, 4) is 0 Å². The first-order chi connectivity index (χ1) is 3.41. The van der Waals surface area contributed by atoms with Crippen molar-refractivity contribution in [1.29, 1.82) is 0 Å². The molecule has 0 bridgehead atoms. The van der Waals surface area contributed by atoms with Crippen LogP contribution in [0.3, 0.4) is 0 Å². The van der Waals surface area contributed by atoms with Crippen molar-refractivity contribution in [2.24, 2.45) is 0 Å². The summed E-state index contributed by atoms with van der Waals surface area (Å²) in [6, 6.07) is 0. The summed E-state index contributed by atoms with van der Waals surface area (Å²) in [5, 5.41) is 0. The van der Waals surface area contributed by atoms with Gasteiger partial charge in [-0.15, -0.1) is 0 Å². The third kappa shape index (κ3) is 148. The molecule has 0 spiro atoms. The predicted molar refractivity (Wildman–Crippen MR) is 22.8 cm³/mol. The van der Waals surface area contributed by atoms with Gasteiger partial charge in [0.05, 0.1) is 0 Å². The van der Waals surface area contributed by atoms with Crippen LogP contribution in [-0.4, -0.2) is 0 Å². The van der Waals surface area contributed by atoms with Crippen LogP contribution >= 0.6 is 27.5 Å². The van der Waals surface area contributed by atoms with Gasteiger partial charge >= 0.3 is 102 Å². The summed E-state index contributed by atoms with van der Waals surface area (Å²) in [4.78, 5) is 25.6. The van der Waals surface area contributed by atoms with E-state index in [1.165, 1.54) is 0 Å². The molecule has 0 rings (SSSR count). The molecule has 11 heavy (non-hydrogen) atoms. The first-order valence-electron chi connectivity index (χ1n) is 1.06. The Morgan fingerprint density at radius 1 is 1.00 bits per heavy atom. The van der Waals surface area contributed by atoms with Gasteiger partial charge in [0.2, 0.25) is 0 Å². The predicted octanol–water partition coefficient (Wildman–Crippen LogP) is -1.54. The van der Waals surface area contributed by atoms with E-state index in [1.54, 1.807) is 0 Å². The number of rotatable bonds is 0. The van der Waals surface area contributed by atoms with Gasteiger partial charge in [0.25, 0.3) is 0 Å². The molecule has 0 unspecified atom stereocenters. The molecule has 80 valence electrons. The van der Waals surface area contributed by atoms with Crippen LogP contribution in [0.5, 0.6) is 0 Å². The number of hydrogen-bond acceptors (Lipinski definition) is 6. The molecular formula is Ag3MoO4PS2. The van der Waals surface area contributed by atoms with Gasteiger partial charge in [0.15, 0.2) is 0 Å². The summed E-state index contributed by atoms with van der Waals surface area (Å²) in [5.41, 5.74) is 0. The van der Waals surface area contributed by atoms with Gasteiger partial charge in [-0.1, -0.05) is 0 Å². The molecule has 0 aliphatic carbocycles. The Bertz CT molecular complexity index is 121. The molecule has 0 aromatic heterocycles. The molecule has 0 aliphatic heterocycles. The topological polar surface area (TPSA) is 86.2 Å². The molecule has 0 aliphatic rings. The van der Waals surface area contributed by atoms with Crippen molar-refractivity contribution in [3.05, 3.63) is 0 Å². The Morgan fingerprint density at radius 3 is 1.00 bits per heavy atom. The SMILES string of the molecule is O=P([O-])([O-])[O-].[Ag+].[Ag+].[Ag+].[S]=[Mo]=[S]. The van der Waals surface area contributed by atoms with Gasteiger partial charge < -0.3 is 19.2 Å². The van der Waals surface area contributed by atoms with E-state index in [-0.39, 0.29) is 82.1 Å². The van der Waals surface area contributed by atoms with Crippen molar-refractivity contribution < 1.29 is 101 Å². The molecule has 0 saturated carbocycles. The van der Waals surface area contributed by atoms with Crippen LogP contribution in [0.1, 0.15) is 0 Å². The van der Waals surface area contributed by atoms with Crippen LogP contribution in [0.2, 0.25) is 0 Å². The van der Waals surface area contributed by atoms with E-state index in [0.717, 1.165) is 0 Å². The Morgan fingerprint density at radius 2 is 1.00 bits per heavy atom. The summed E-state index contributed by atoms with van der Waals surface area (Å²) in [6.07, 6.45) is 0. The molecule has 0 aromatic carbocycles. The van der Waals surface area contributed by atoms with E-state index in [9.17, 15) is 0 Å². The van der Waals surface area contributed by atoms with Crippen LogP contribution in [0.4, 0.5) is 0 Å². The van der Waals surface area contributed by atoms with E-state index < -0.39 is 7.82 Å². The van der Waals surface area contributed by atoms with Crippen LogP contribution in [0, 0.1) is 0 Å². The molecule has 11 heteroatoms. The molecule has 4 nitrogen and oxygen atoms in total. The fraction of sp³-hybridized carbons (Fsp3) is 0. The second-order valence-corrected chi connectivity index (χ2v) is 4.96. The molecule has 0 heterocycles. The molecule has 0 saturated heterocycles. The number of hydrogen-bond donors (Lipinski definition) is 0. The monoisotopic (exact) mass is 578 g/mol. The normalized spacial score (nSPS) is 6.45. The molecule has 0 aromatic rings. The summed E-state index contributed by atoms with van der Waals surface area (Å²) < 4.78 is 8.55. The van der Waals surface area contributed by atoms with Gasteiger partial charge in [-0.25, -0.2) is 0 Å². The summed E-state index contributed by atoms with van der Waals surface area (Å²) >= 11 is -0.363. The first-order valence-corrected chi connectivity index (χ1v) is 8.11. The van der Waals surface area contributed by atoms with E-state index in [4.69, 9.17) is 19.2 Å². The van der Waals surface area contributed by atoms with Gasteiger partial charge in [-0.3, -0.25) is 0 Å². The van der Waals surface area contributed by atoms with Crippen molar-refractivity contribution in [2.75, 3.05) is 0 Å². The van der Waals surface area contributed by atoms with Crippen molar-refractivity contribution in [1.82, 2.24) is 0 Å². The van der Waals surface area contributed by atoms with Crippen molar-refractivity contribution >= 4 is 27.5 Å².